The summed E-state index contributed by atoms with van der Waals surface area (Å²) in [6, 6.07) is 0. The number of methoxy groups -OCH3 is 1. The normalized spacial score (nSPS) is 39.4. The first kappa shape index (κ1) is 10.4. The van der Waals surface area contributed by atoms with E-state index >= 15 is 0 Å². The lowest BCUT2D eigenvalue weighted by molar-refractivity contribution is 0.0625. The standard InChI is InChI=1S/C10H20N2O2/c1-13-9-2-4-12(6-9)10(7-11)3-5-14-8-10/h9H,2-8,11H2,1H3. The van der Waals surface area contributed by atoms with Crippen LogP contribution in [0.15, 0.2) is 0 Å². The summed E-state index contributed by atoms with van der Waals surface area (Å²) in [5.41, 5.74) is 5.98. The van der Waals surface area contributed by atoms with Crippen molar-refractivity contribution in [2.45, 2.75) is 24.5 Å². The summed E-state index contributed by atoms with van der Waals surface area (Å²) >= 11 is 0. The molecule has 0 radical (unpaired) electrons. The van der Waals surface area contributed by atoms with Crippen LogP contribution in [0.2, 0.25) is 0 Å². The molecule has 0 aromatic rings. The average molecular weight is 200 g/mol. The Kier molecular flexibility index (Phi) is 3.07. The van der Waals surface area contributed by atoms with Crippen molar-refractivity contribution < 1.29 is 9.47 Å². The molecule has 82 valence electrons. The van der Waals surface area contributed by atoms with Crippen molar-refractivity contribution in [3.05, 3.63) is 0 Å². The summed E-state index contributed by atoms with van der Waals surface area (Å²) < 4.78 is 10.8. The van der Waals surface area contributed by atoms with Crippen LogP contribution in [-0.4, -0.2) is 56.5 Å². The van der Waals surface area contributed by atoms with Crippen molar-refractivity contribution in [3.63, 3.8) is 0 Å². The zero-order valence-electron chi connectivity index (χ0n) is 8.87. The van der Waals surface area contributed by atoms with Crippen LogP contribution in [0.25, 0.3) is 0 Å². The van der Waals surface area contributed by atoms with E-state index in [4.69, 9.17) is 15.2 Å². The van der Waals surface area contributed by atoms with Crippen molar-refractivity contribution >= 4 is 0 Å². The molecule has 2 N–H and O–H groups in total. The third-order valence-corrected chi connectivity index (χ3v) is 3.61. The van der Waals surface area contributed by atoms with Crippen LogP contribution >= 0.6 is 0 Å². The molecule has 4 heteroatoms. The van der Waals surface area contributed by atoms with Crippen LogP contribution in [0, 0.1) is 0 Å². The zero-order valence-corrected chi connectivity index (χ0v) is 8.87. The minimum atomic E-state index is 0.104. The van der Waals surface area contributed by atoms with Gasteiger partial charge in [0, 0.05) is 33.4 Å². The number of nitrogens with two attached hydrogens (primary N) is 1. The Morgan fingerprint density at radius 3 is 3.00 bits per heavy atom. The van der Waals surface area contributed by atoms with Crippen molar-refractivity contribution in [2.75, 3.05) is 40.0 Å². The van der Waals surface area contributed by atoms with E-state index in [0.29, 0.717) is 12.6 Å². The molecule has 0 saturated carbocycles. The summed E-state index contributed by atoms with van der Waals surface area (Å²) in [5, 5.41) is 0. The van der Waals surface area contributed by atoms with Gasteiger partial charge in [-0.2, -0.15) is 0 Å². The second-order valence-electron chi connectivity index (χ2n) is 4.32. The summed E-state index contributed by atoms with van der Waals surface area (Å²) in [6.45, 7) is 4.45. The van der Waals surface area contributed by atoms with E-state index in [9.17, 15) is 0 Å². The topological polar surface area (TPSA) is 47.7 Å². The van der Waals surface area contributed by atoms with Gasteiger partial charge in [0.25, 0.3) is 0 Å². The molecule has 4 nitrogen and oxygen atoms in total. The largest absolute Gasteiger partial charge is 0.380 e. The van der Waals surface area contributed by atoms with Crippen molar-refractivity contribution in [2.24, 2.45) is 5.73 Å². The van der Waals surface area contributed by atoms with Gasteiger partial charge in [-0.05, 0) is 12.8 Å². The van der Waals surface area contributed by atoms with Gasteiger partial charge in [0.1, 0.15) is 0 Å². The maximum Gasteiger partial charge on any atom is 0.0710 e. The average Bonchev–Trinajstić information content (AvgIpc) is 2.87. The van der Waals surface area contributed by atoms with Gasteiger partial charge in [0.2, 0.25) is 0 Å². The van der Waals surface area contributed by atoms with E-state index < -0.39 is 0 Å². The molecule has 0 bridgehead atoms. The molecule has 0 spiro atoms. The van der Waals surface area contributed by atoms with Gasteiger partial charge in [-0.25, -0.2) is 0 Å². The second kappa shape index (κ2) is 4.14. The zero-order chi connectivity index (χ0) is 10.0. The summed E-state index contributed by atoms with van der Waals surface area (Å²) in [6.07, 6.45) is 2.58. The van der Waals surface area contributed by atoms with Gasteiger partial charge >= 0.3 is 0 Å². The third-order valence-electron chi connectivity index (χ3n) is 3.61. The van der Waals surface area contributed by atoms with Gasteiger partial charge in [0.05, 0.1) is 18.2 Å². The quantitative estimate of drug-likeness (QED) is 0.687. The Morgan fingerprint density at radius 1 is 1.64 bits per heavy atom. The molecule has 2 saturated heterocycles. The minimum Gasteiger partial charge on any atom is -0.380 e. The monoisotopic (exact) mass is 200 g/mol. The Bertz CT molecular complexity index is 193. The van der Waals surface area contributed by atoms with Gasteiger partial charge in [-0.3, -0.25) is 4.90 Å². The number of nitrogens with zero attached hydrogens (tertiary/aromatic N) is 1. The smallest absolute Gasteiger partial charge is 0.0710 e. The highest BCUT2D eigenvalue weighted by atomic mass is 16.5. The predicted octanol–water partition coefficient (Wildman–Crippen LogP) is -0.175. The second-order valence-corrected chi connectivity index (χ2v) is 4.32. The number of hydrogen-bond acceptors (Lipinski definition) is 4. The summed E-state index contributed by atoms with van der Waals surface area (Å²) in [5.74, 6) is 0. The highest BCUT2D eigenvalue weighted by Gasteiger charge is 2.42. The fourth-order valence-electron chi connectivity index (χ4n) is 2.49. The number of likely N-dealkylation sites (tertiary alicyclic amines) is 1. The van der Waals surface area contributed by atoms with E-state index in [1.54, 1.807) is 7.11 Å². The Morgan fingerprint density at radius 2 is 2.50 bits per heavy atom. The third kappa shape index (κ3) is 1.67. The van der Waals surface area contributed by atoms with E-state index in [-0.39, 0.29) is 5.54 Å². The van der Waals surface area contributed by atoms with Crippen molar-refractivity contribution in [1.82, 2.24) is 4.90 Å². The van der Waals surface area contributed by atoms with Crippen molar-refractivity contribution in [1.29, 1.82) is 0 Å². The number of ether oxygens (including phenoxy) is 2. The van der Waals surface area contributed by atoms with Crippen LogP contribution in [0.5, 0.6) is 0 Å². The predicted molar refractivity (Wildman–Crippen MR) is 54.2 cm³/mol. The van der Waals surface area contributed by atoms with Crippen LogP contribution in [-0.2, 0) is 9.47 Å². The molecular formula is C10H20N2O2. The van der Waals surface area contributed by atoms with Gasteiger partial charge in [0.15, 0.2) is 0 Å². The highest BCUT2D eigenvalue weighted by Crippen LogP contribution is 2.29. The first-order valence-electron chi connectivity index (χ1n) is 5.36. The molecule has 14 heavy (non-hydrogen) atoms. The molecule has 0 aliphatic carbocycles. The molecule has 2 aliphatic heterocycles. The molecule has 2 rings (SSSR count). The molecule has 2 atom stereocenters. The van der Waals surface area contributed by atoms with Gasteiger partial charge < -0.3 is 15.2 Å². The lowest BCUT2D eigenvalue weighted by Crippen LogP contribution is -2.53. The van der Waals surface area contributed by atoms with Crippen LogP contribution < -0.4 is 5.73 Å². The molecule has 2 unspecified atom stereocenters. The van der Waals surface area contributed by atoms with Gasteiger partial charge in [-0.15, -0.1) is 0 Å². The molecule has 0 aromatic heterocycles. The molecule has 2 heterocycles. The SMILES string of the molecule is COC1CCN(C2(CN)CCOC2)C1. The Balaban J connectivity index is 1.99. The Labute approximate surface area is 85.3 Å². The van der Waals surface area contributed by atoms with Crippen LogP contribution in [0.4, 0.5) is 0 Å². The van der Waals surface area contributed by atoms with Crippen LogP contribution in [0.1, 0.15) is 12.8 Å². The van der Waals surface area contributed by atoms with Crippen molar-refractivity contribution in [3.8, 4) is 0 Å². The van der Waals surface area contributed by atoms with E-state index in [0.717, 1.165) is 39.1 Å². The lowest BCUT2D eigenvalue weighted by atomic mass is 9.97. The van der Waals surface area contributed by atoms with Crippen LogP contribution in [0.3, 0.4) is 0 Å². The maximum absolute atomic E-state index is 5.87. The minimum absolute atomic E-state index is 0.104. The molecule has 0 aromatic carbocycles. The molecule has 2 aliphatic rings. The lowest BCUT2D eigenvalue weighted by Gasteiger charge is -2.36. The first-order valence-corrected chi connectivity index (χ1v) is 5.36. The Hall–Kier alpha value is -0.160. The van der Waals surface area contributed by atoms with Gasteiger partial charge in [-0.1, -0.05) is 0 Å². The molecule has 2 fully saturated rings. The maximum atomic E-state index is 5.87. The van der Waals surface area contributed by atoms with E-state index in [2.05, 4.69) is 4.90 Å². The summed E-state index contributed by atoms with van der Waals surface area (Å²) in [4.78, 5) is 2.45. The molecular weight excluding hydrogens is 180 g/mol. The molecule has 0 amide bonds. The fourth-order valence-corrected chi connectivity index (χ4v) is 2.49. The fraction of sp³-hybridized carbons (Fsp3) is 1.00. The van der Waals surface area contributed by atoms with E-state index in [1.165, 1.54) is 0 Å². The summed E-state index contributed by atoms with van der Waals surface area (Å²) in [7, 11) is 1.79. The van der Waals surface area contributed by atoms with E-state index in [1.807, 2.05) is 0 Å². The first-order chi connectivity index (χ1) is 6.80. The highest BCUT2D eigenvalue weighted by molar-refractivity contribution is 4.98. The number of hydrogen-bond donors (Lipinski definition) is 1. The number of rotatable bonds is 3.